The smallest absolute Gasteiger partial charge is 0.215 e. The van der Waals surface area contributed by atoms with Crippen molar-refractivity contribution in [3.05, 3.63) is 42.4 Å². The van der Waals surface area contributed by atoms with Crippen LogP contribution in [-0.4, -0.2) is 73.0 Å². The molecule has 1 heterocycles. The molecule has 154 valence electrons. The van der Waals surface area contributed by atoms with E-state index in [-0.39, 0.29) is 5.75 Å². The number of nitrogens with one attached hydrogen (secondary N) is 2. The molecule has 1 aromatic heterocycles. The van der Waals surface area contributed by atoms with Crippen LogP contribution in [0.3, 0.4) is 0 Å². The number of hydrogen-bond acceptors (Lipinski definition) is 4. The zero-order valence-electron chi connectivity index (χ0n) is 17.0. The lowest BCUT2D eigenvalue weighted by atomic mass is 10.2. The Hall–Kier alpha value is -2.39. The lowest BCUT2D eigenvalue weighted by Gasteiger charge is -2.22. The molecule has 0 saturated heterocycles. The van der Waals surface area contributed by atoms with Crippen LogP contribution in [0.1, 0.15) is 19.7 Å². The van der Waals surface area contributed by atoms with Gasteiger partial charge in [-0.1, -0.05) is 44.2 Å². The van der Waals surface area contributed by atoms with Crippen LogP contribution < -0.4 is 5.32 Å². The first-order valence-corrected chi connectivity index (χ1v) is 11.0. The van der Waals surface area contributed by atoms with Crippen LogP contribution in [0.5, 0.6) is 0 Å². The van der Waals surface area contributed by atoms with Crippen molar-refractivity contribution in [2.45, 2.75) is 20.4 Å². The van der Waals surface area contributed by atoms with Crippen molar-refractivity contribution in [1.29, 1.82) is 0 Å². The molecular weight excluding hydrogens is 376 g/mol. The normalized spacial score (nSPS) is 12.4. The minimum absolute atomic E-state index is 0.0282. The van der Waals surface area contributed by atoms with Crippen LogP contribution in [0.4, 0.5) is 0 Å². The SMILES string of the molecule is CCN(CC)S(=O)(=O)CCNC(=NC)N(C)Cc1ncc(-c2ccccc2)[nH]1. The standard InChI is InChI=1S/C19H30N6O2S/c1-5-25(6-2)28(26,27)13-12-21-19(20-3)24(4)15-18-22-14-17(23-18)16-10-8-7-9-11-16/h7-11,14H,5-6,12-13,15H2,1-4H3,(H,20,21)(H,22,23). The van der Waals surface area contributed by atoms with E-state index >= 15 is 0 Å². The molecule has 0 atom stereocenters. The maximum atomic E-state index is 12.3. The second-order valence-electron chi connectivity index (χ2n) is 6.34. The van der Waals surface area contributed by atoms with E-state index in [1.54, 1.807) is 7.05 Å². The number of rotatable bonds is 9. The Bertz CT molecular complexity index is 860. The van der Waals surface area contributed by atoms with E-state index in [1.807, 2.05) is 62.3 Å². The second kappa shape index (κ2) is 10.2. The summed E-state index contributed by atoms with van der Waals surface area (Å²) in [6.07, 6.45) is 1.81. The topological polar surface area (TPSA) is 93.7 Å². The third kappa shape index (κ3) is 5.80. The van der Waals surface area contributed by atoms with Crippen molar-refractivity contribution in [1.82, 2.24) is 24.5 Å². The summed E-state index contributed by atoms with van der Waals surface area (Å²) in [6, 6.07) is 10.0. The number of aliphatic imine (C=N–C) groups is 1. The molecule has 0 saturated carbocycles. The molecule has 0 aliphatic rings. The number of H-pyrrole nitrogens is 1. The summed E-state index contributed by atoms with van der Waals surface area (Å²) in [5.74, 6) is 1.45. The van der Waals surface area contributed by atoms with Gasteiger partial charge in [0.15, 0.2) is 5.96 Å². The molecule has 2 N–H and O–H groups in total. The van der Waals surface area contributed by atoms with Gasteiger partial charge in [-0.25, -0.2) is 17.7 Å². The summed E-state index contributed by atoms with van der Waals surface area (Å²) >= 11 is 0. The van der Waals surface area contributed by atoms with Crippen LogP contribution in [-0.2, 0) is 16.6 Å². The summed E-state index contributed by atoms with van der Waals surface area (Å²) in [5.41, 5.74) is 2.03. The number of imidazole rings is 1. The van der Waals surface area contributed by atoms with Gasteiger partial charge in [-0.05, 0) is 5.56 Å². The Kier molecular flexibility index (Phi) is 8.01. The maximum absolute atomic E-state index is 12.3. The fraction of sp³-hybridized carbons (Fsp3) is 0.474. The quantitative estimate of drug-likeness (QED) is 0.489. The summed E-state index contributed by atoms with van der Waals surface area (Å²) in [5, 5.41) is 3.12. The van der Waals surface area contributed by atoms with E-state index in [1.165, 1.54) is 4.31 Å². The molecule has 0 spiro atoms. The molecule has 8 nitrogen and oxygen atoms in total. The molecule has 9 heteroatoms. The largest absolute Gasteiger partial charge is 0.355 e. The minimum atomic E-state index is -3.26. The van der Waals surface area contributed by atoms with Crippen molar-refractivity contribution in [2.24, 2.45) is 4.99 Å². The Balaban J connectivity index is 1.92. The van der Waals surface area contributed by atoms with Crippen LogP contribution in [0.15, 0.2) is 41.5 Å². The van der Waals surface area contributed by atoms with Gasteiger partial charge in [0.05, 0.1) is 24.2 Å². The average Bonchev–Trinajstić information content (AvgIpc) is 3.15. The van der Waals surface area contributed by atoms with Gasteiger partial charge in [0.1, 0.15) is 5.82 Å². The van der Waals surface area contributed by atoms with Crippen molar-refractivity contribution in [3.8, 4) is 11.3 Å². The highest BCUT2D eigenvalue weighted by molar-refractivity contribution is 7.89. The lowest BCUT2D eigenvalue weighted by Crippen LogP contribution is -2.42. The molecule has 28 heavy (non-hydrogen) atoms. The van der Waals surface area contributed by atoms with Gasteiger partial charge in [0.2, 0.25) is 10.0 Å². The van der Waals surface area contributed by atoms with Gasteiger partial charge in [0.25, 0.3) is 0 Å². The highest BCUT2D eigenvalue weighted by atomic mass is 32.2. The minimum Gasteiger partial charge on any atom is -0.355 e. The first-order valence-electron chi connectivity index (χ1n) is 9.40. The van der Waals surface area contributed by atoms with E-state index in [4.69, 9.17) is 0 Å². The molecule has 0 fully saturated rings. The predicted octanol–water partition coefficient (Wildman–Crippen LogP) is 1.76. The van der Waals surface area contributed by atoms with Crippen LogP contribution >= 0.6 is 0 Å². The Morgan fingerprint density at radius 2 is 1.89 bits per heavy atom. The van der Waals surface area contributed by atoms with Crippen LogP contribution in [0.2, 0.25) is 0 Å². The third-order valence-electron chi connectivity index (χ3n) is 4.42. The number of guanidine groups is 1. The maximum Gasteiger partial charge on any atom is 0.215 e. The van der Waals surface area contributed by atoms with Crippen molar-refractivity contribution < 1.29 is 8.42 Å². The van der Waals surface area contributed by atoms with Crippen molar-refractivity contribution in [2.75, 3.05) is 39.5 Å². The number of hydrogen-bond donors (Lipinski definition) is 2. The van der Waals surface area contributed by atoms with Gasteiger partial charge in [-0.15, -0.1) is 0 Å². The van der Waals surface area contributed by atoms with E-state index in [0.29, 0.717) is 32.1 Å². The van der Waals surface area contributed by atoms with Crippen LogP contribution in [0.25, 0.3) is 11.3 Å². The molecule has 0 unspecified atom stereocenters. The van der Waals surface area contributed by atoms with Crippen molar-refractivity contribution in [3.63, 3.8) is 0 Å². The monoisotopic (exact) mass is 406 g/mol. The van der Waals surface area contributed by atoms with E-state index < -0.39 is 10.0 Å². The summed E-state index contributed by atoms with van der Waals surface area (Å²) in [7, 11) is 0.304. The number of sulfonamides is 1. The van der Waals surface area contributed by atoms with E-state index in [0.717, 1.165) is 17.1 Å². The molecule has 0 amide bonds. The number of aromatic nitrogens is 2. The number of benzene rings is 1. The van der Waals surface area contributed by atoms with E-state index in [9.17, 15) is 8.42 Å². The molecule has 0 radical (unpaired) electrons. The Morgan fingerprint density at radius 1 is 1.21 bits per heavy atom. The van der Waals surface area contributed by atoms with E-state index in [2.05, 4.69) is 20.3 Å². The summed E-state index contributed by atoms with van der Waals surface area (Å²) in [4.78, 5) is 13.9. The zero-order valence-corrected chi connectivity index (χ0v) is 17.8. The van der Waals surface area contributed by atoms with Gasteiger partial charge >= 0.3 is 0 Å². The molecule has 0 aliphatic carbocycles. The second-order valence-corrected chi connectivity index (χ2v) is 8.43. The zero-order chi connectivity index (χ0) is 20.6. The molecule has 0 aliphatic heterocycles. The van der Waals surface area contributed by atoms with Crippen LogP contribution in [0, 0.1) is 0 Å². The molecule has 2 rings (SSSR count). The summed E-state index contributed by atoms with van der Waals surface area (Å²) < 4.78 is 26.0. The fourth-order valence-electron chi connectivity index (χ4n) is 2.93. The van der Waals surface area contributed by atoms with Gasteiger partial charge < -0.3 is 15.2 Å². The predicted molar refractivity (Wildman–Crippen MR) is 114 cm³/mol. The third-order valence-corrected chi connectivity index (χ3v) is 6.44. The lowest BCUT2D eigenvalue weighted by molar-refractivity contribution is 0.442. The first kappa shape index (κ1) is 21.9. The van der Waals surface area contributed by atoms with Gasteiger partial charge in [-0.2, -0.15) is 0 Å². The molecule has 2 aromatic rings. The average molecular weight is 407 g/mol. The van der Waals surface area contributed by atoms with Gasteiger partial charge in [-0.3, -0.25) is 4.99 Å². The molecular formula is C19H30N6O2S. The Morgan fingerprint density at radius 3 is 2.50 bits per heavy atom. The molecule has 0 bridgehead atoms. The molecule has 1 aromatic carbocycles. The van der Waals surface area contributed by atoms with Crippen molar-refractivity contribution >= 4 is 16.0 Å². The summed E-state index contributed by atoms with van der Waals surface area (Å²) in [6.45, 7) is 5.46. The number of nitrogens with zero attached hydrogens (tertiary/aromatic N) is 4. The highest BCUT2D eigenvalue weighted by Gasteiger charge is 2.18. The highest BCUT2D eigenvalue weighted by Crippen LogP contribution is 2.16. The number of aromatic amines is 1. The van der Waals surface area contributed by atoms with Gasteiger partial charge in [0, 0.05) is 33.7 Å². The fourth-order valence-corrected chi connectivity index (χ4v) is 4.33. The Labute approximate surface area is 167 Å². The first-order chi connectivity index (χ1) is 13.4.